The van der Waals surface area contributed by atoms with Crippen molar-refractivity contribution in [1.82, 2.24) is 4.90 Å². The average Bonchev–Trinajstić information content (AvgIpc) is 3.06. The highest BCUT2D eigenvalue weighted by Crippen LogP contribution is 2.27. The van der Waals surface area contributed by atoms with Crippen LogP contribution in [0.2, 0.25) is 0 Å². The van der Waals surface area contributed by atoms with E-state index in [9.17, 15) is 4.79 Å². The molecule has 0 aromatic rings. The maximum Gasteiger partial charge on any atom is 0.240 e. The SMILES string of the molecule is CCC(C)C(N)C(=O)N(CCO)C1CC1. The Morgan fingerprint density at radius 1 is 1.60 bits per heavy atom. The van der Waals surface area contributed by atoms with E-state index in [1.165, 1.54) is 0 Å². The highest BCUT2D eigenvalue weighted by Gasteiger charge is 2.35. The van der Waals surface area contributed by atoms with E-state index < -0.39 is 6.04 Å². The van der Waals surface area contributed by atoms with E-state index in [0.29, 0.717) is 12.6 Å². The Morgan fingerprint density at radius 2 is 2.20 bits per heavy atom. The second-order valence-corrected chi connectivity index (χ2v) is 4.40. The fourth-order valence-electron chi connectivity index (χ4n) is 1.66. The van der Waals surface area contributed by atoms with Gasteiger partial charge >= 0.3 is 0 Å². The standard InChI is InChI=1S/C11H22N2O2/c1-3-8(2)10(12)11(15)13(6-7-14)9-4-5-9/h8-10,14H,3-7,12H2,1-2H3. The Labute approximate surface area is 91.4 Å². The minimum absolute atomic E-state index is 0.000833. The number of rotatable bonds is 6. The third-order valence-corrected chi connectivity index (χ3v) is 3.15. The molecule has 88 valence electrons. The van der Waals surface area contributed by atoms with Crippen LogP contribution >= 0.6 is 0 Å². The zero-order chi connectivity index (χ0) is 11.4. The van der Waals surface area contributed by atoms with Gasteiger partial charge in [0.1, 0.15) is 0 Å². The lowest BCUT2D eigenvalue weighted by molar-refractivity contribution is -0.134. The van der Waals surface area contributed by atoms with Crippen LogP contribution in [0.5, 0.6) is 0 Å². The lowest BCUT2D eigenvalue weighted by atomic mass is 9.99. The van der Waals surface area contributed by atoms with Gasteiger partial charge in [0.15, 0.2) is 0 Å². The van der Waals surface area contributed by atoms with Crippen molar-refractivity contribution in [2.75, 3.05) is 13.2 Å². The Bertz CT molecular complexity index is 217. The van der Waals surface area contributed by atoms with Crippen molar-refractivity contribution >= 4 is 5.91 Å². The van der Waals surface area contributed by atoms with Crippen molar-refractivity contribution in [1.29, 1.82) is 0 Å². The van der Waals surface area contributed by atoms with E-state index in [2.05, 4.69) is 0 Å². The van der Waals surface area contributed by atoms with Crippen molar-refractivity contribution in [3.63, 3.8) is 0 Å². The topological polar surface area (TPSA) is 66.6 Å². The normalized spacial score (nSPS) is 19.7. The van der Waals surface area contributed by atoms with Crippen molar-refractivity contribution in [2.24, 2.45) is 11.7 Å². The van der Waals surface area contributed by atoms with Gasteiger partial charge in [-0.3, -0.25) is 4.79 Å². The van der Waals surface area contributed by atoms with Gasteiger partial charge in [0.25, 0.3) is 0 Å². The van der Waals surface area contributed by atoms with Gasteiger partial charge in [0.05, 0.1) is 12.6 Å². The molecule has 0 saturated heterocycles. The smallest absolute Gasteiger partial charge is 0.240 e. The summed E-state index contributed by atoms with van der Waals surface area (Å²) in [5.41, 5.74) is 5.90. The zero-order valence-electron chi connectivity index (χ0n) is 9.65. The molecule has 4 heteroatoms. The molecular formula is C11H22N2O2. The zero-order valence-corrected chi connectivity index (χ0v) is 9.65. The Hall–Kier alpha value is -0.610. The number of aliphatic hydroxyl groups is 1. The van der Waals surface area contributed by atoms with Crippen LogP contribution in [-0.2, 0) is 4.79 Å². The number of carbonyl (C=O) groups is 1. The summed E-state index contributed by atoms with van der Waals surface area (Å²) in [5.74, 6) is 0.207. The van der Waals surface area contributed by atoms with Gasteiger partial charge in [-0.25, -0.2) is 0 Å². The van der Waals surface area contributed by atoms with E-state index in [4.69, 9.17) is 10.8 Å². The Balaban J connectivity index is 2.54. The van der Waals surface area contributed by atoms with Gasteiger partial charge in [-0.15, -0.1) is 0 Å². The highest BCUT2D eigenvalue weighted by molar-refractivity contribution is 5.82. The summed E-state index contributed by atoms with van der Waals surface area (Å²) in [6.07, 6.45) is 3.02. The number of nitrogens with two attached hydrogens (primary N) is 1. The largest absolute Gasteiger partial charge is 0.395 e. The van der Waals surface area contributed by atoms with Crippen LogP contribution in [0.3, 0.4) is 0 Å². The second-order valence-electron chi connectivity index (χ2n) is 4.40. The molecular weight excluding hydrogens is 192 g/mol. The van der Waals surface area contributed by atoms with E-state index in [0.717, 1.165) is 19.3 Å². The van der Waals surface area contributed by atoms with Gasteiger partial charge in [-0.2, -0.15) is 0 Å². The molecule has 0 radical (unpaired) electrons. The van der Waals surface area contributed by atoms with Gasteiger partial charge in [0.2, 0.25) is 5.91 Å². The maximum absolute atomic E-state index is 12.0. The minimum Gasteiger partial charge on any atom is -0.395 e. The molecule has 1 rings (SSSR count). The Morgan fingerprint density at radius 3 is 2.60 bits per heavy atom. The first-order valence-electron chi connectivity index (χ1n) is 5.78. The van der Waals surface area contributed by atoms with E-state index in [-0.39, 0.29) is 18.4 Å². The summed E-state index contributed by atoms with van der Waals surface area (Å²) in [6.45, 7) is 4.47. The summed E-state index contributed by atoms with van der Waals surface area (Å²) >= 11 is 0. The molecule has 2 unspecified atom stereocenters. The molecule has 2 atom stereocenters. The molecule has 3 N–H and O–H groups in total. The molecule has 1 aliphatic rings. The van der Waals surface area contributed by atoms with Gasteiger partial charge < -0.3 is 15.7 Å². The number of amides is 1. The molecule has 1 fully saturated rings. The summed E-state index contributed by atoms with van der Waals surface area (Å²) in [4.78, 5) is 13.8. The first-order chi connectivity index (χ1) is 7.11. The van der Waals surface area contributed by atoms with Crippen LogP contribution in [0.1, 0.15) is 33.1 Å². The molecule has 0 aromatic carbocycles. The lowest BCUT2D eigenvalue weighted by Gasteiger charge is -2.27. The number of hydrogen-bond donors (Lipinski definition) is 2. The van der Waals surface area contributed by atoms with Gasteiger partial charge in [-0.05, 0) is 18.8 Å². The van der Waals surface area contributed by atoms with Crippen molar-refractivity contribution in [2.45, 2.75) is 45.2 Å². The molecule has 0 spiro atoms. The van der Waals surface area contributed by atoms with Crippen LogP contribution < -0.4 is 5.73 Å². The summed E-state index contributed by atoms with van der Waals surface area (Å²) in [6, 6.07) is -0.0816. The van der Waals surface area contributed by atoms with Gasteiger partial charge in [0, 0.05) is 12.6 Å². The van der Waals surface area contributed by atoms with Crippen LogP contribution in [0.15, 0.2) is 0 Å². The first-order valence-corrected chi connectivity index (χ1v) is 5.78. The fraction of sp³-hybridized carbons (Fsp3) is 0.909. The van der Waals surface area contributed by atoms with Crippen LogP contribution in [-0.4, -0.2) is 41.1 Å². The third-order valence-electron chi connectivity index (χ3n) is 3.15. The van der Waals surface area contributed by atoms with Crippen LogP contribution in [0, 0.1) is 5.92 Å². The number of hydrogen-bond acceptors (Lipinski definition) is 3. The molecule has 4 nitrogen and oxygen atoms in total. The van der Waals surface area contributed by atoms with Crippen LogP contribution in [0.25, 0.3) is 0 Å². The third kappa shape index (κ3) is 3.18. The Kier molecular flexibility index (Phi) is 4.54. The lowest BCUT2D eigenvalue weighted by Crippen LogP contribution is -2.48. The number of nitrogens with zero attached hydrogens (tertiary/aromatic N) is 1. The van der Waals surface area contributed by atoms with Crippen LogP contribution in [0.4, 0.5) is 0 Å². The summed E-state index contributed by atoms with van der Waals surface area (Å²) in [7, 11) is 0. The quantitative estimate of drug-likeness (QED) is 0.670. The van der Waals surface area contributed by atoms with Crippen molar-refractivity contribution in [3.8, 4) is 0 Å². The number of carbonyl (C=O) groups excluding carboxylic acids is 1. The van der Waals surface area contributed by atoms with Crippen molar-refractivity contribution in [3.05, 3.63) is 0 Å². The summed E-state index contributed by atoms with van der Waals surface area (Å²) in [5, 5.41) is 8.91. The summed E-state index contributed by atoms with van der Waals surface area (Å²) < 4.78 is 0. The number of aliphatic hydroxyl groups excluding tert-OH is 1. The monoisotopic (exact) mass is 214 g/mol. The molecule has 0 heterocycles. The van der Waals surface area contributed by atoms with E-state index in [1.807, 2.05) is 13.8 Å². The predicted molar refractivity (Wildman–Crippen MR) is 59.3 cm³/mol. The molecule has 1 amide bonds. The van der Waals surface area contributed by atoms with E-state index >= 15 is 0 Å². The molecule has 0 aliphatic heterocycles. The first kappa shape index (κ1) is 12.5. The van der Waals surface area contributed by atoms with Gasteiger partial charge in [-0.1, -0.05) is 20.3 Å². The second kappa shape index (κ2) is 5.47. The van der Waals surface area contributed by atoms with E-state index in [1.54, 1.807) is 4.90 Å². The maximum atomic E-state index is 12.0. The fourth-order valence-corrected chi connectivity index (χ4v) is 1.66. The molecule has 0 bridgehead atoms. The molecule has 1 saturated carbocycles. The molecule has 1 aliphatic carbocycles. The minimum atomic E-state index is -0.415. The molecule has 0 aromatic heterocycles. The highest BCUT2D eigenvalue weighted by atomic mass is 16.3. The average molecular weight is 214 g/mol. The molecule has 15 heavy (non-hydrogen) atoms. The predicted octanol–water partition coefficient (Wildman–Crippen LogP) is 0.343. The van der Waals surface area contributed by atoms with Crippen molar-refractivity contribution < 1.29 is 9.90 Å².